The molecular weight excluding hydrogens is 396 g/mol. The monoisotopic (exact) mass is 421 g/mol. The van der Waals surface area contributed by atoms with Gasteiger partial charge in [0, 0.05) is 24.8 Å². The lowest BCUT2D eigenvalue weighted by Crippen LogP contribution is -2.41. The first kappa shape index (κ1) is 21.0. The van der Waals surface area contributed by atoms with Crippen LogP contribution in [0.2, 0.25) is 0 Å². The number of anilines is 2. The van der Waals surface area contributed by atoms with Crippen LogP contribution in [0.15, 0.2) is 47.5 Å². The van der Waals surface area contributed by atoms with E-state index in [9.17, 15) is 13.2 Å². The van der Waals surface area contributed by atoms with Gasteiger partial charge in [-0.3, -0.25) is 9.69 Å². The van der Waals surface area contributed by atoms with Crippen LogP contribution in [0.4, 0.5) is 11.5 Å². The molecule has 29 heavy (non-hydrogen) atoms. The number of nitrogens with one attached hydrogen (secondary N) is 2. The fraction of sp³-hybridized carbons (Fsp3) is 0.368. The number of morpholine rings is 1. The molecule has 3 rings (SSSR count). The van der Waals surface area contributed by atoms with E-state index in [0.717, 1.165) is 0 Å². The first-order chi connectivity index (χ1) is 13.9. The molecule has 156 valence electrons. The van der Waals surface area contributed by atoms with Crippen molar-refractivity contribution in [3.8, 4) is 5.75 Å². The maximum atomic E-state index is 12.7. The molecule has 2 N–H and O–H groups in total. The number of hydrogen-bond donors (Lipinski definition) is 1. The van der Waals surface area contributed by atoms with Crippen molar-refractivity contribution < 1.29 is 27.7 Å². The minimum absolute atomic E-state index is 0.0953. The summed E-state index contributed by atoms with van der Waals surface area (Å²) in [6, 6.07) is 10.2. The lowest BCUT2D eigenvalue weighted by molar-refractivity contribution is -0.366. The average molecular weight is 421 g/mol. The van der Waals surface area contributed by atoms with E-state index < -0.39 is 10.0 Å². The molecule has 0 spiro atoms. The van der Waals surface area contributed by atoms with Crippen molar-refractivity contribution in [1.82, 2.24) is 4.31 Å². The van der Waals surface area contributed by atoms with Gasteiger partial charge in [-0.05, 0) is 30.3 Å². The predicted molar refractivity (Wildman–Crippen MR) is 107 cm³/mol. The molecule has 2 heterocycles. The van der Waals surface area contributed by atoms with Gasteiger partial charge in [-0.2, -0.15) is 4.31 Å². The van der Waals surface area contributed by atoms with E-state index in [4.69, 9.17) is 9.47 Å². The van der Waals surface area contributed by atoms with Crippen LogP contribution in [0, 0.1) is 0 Å². The molecule has 1 amide bonds. The molecule has 1 saturated heterocycles. The number of aromatic amines is 1. The zero-order valence-corrected chi connectivity index (χ0v) is 17.2. The molecule has 2 aromatic rings. The van der Waals surface area contributed by atoms with E-state index >= 15 is 0 Å². The number of nitrogens with zero attached hydrogens (tertiary/aromatic N) is 2. The number of sulfonamides is 1. The van der Waals surface area contributed by atoms with Crippen molar-refractivity contribution in [3.05, 3.63) is 42.6 Å². The van der Waals surface area contributed by atoms with E-state index in [1.54, 1.807) is 49.4 Å². The molecule has 1 fully saturated rings. The van der Waals surface area contributed by atoms with Gasteiger partial charge >= 0.3 is 0 Å². The highest BCUT2D eigenvalue weighted by Gasteiger charge is 2.27. The smallest absolute Gasteiger partial charge is 0.274 e. The fourth-order valence-electron chi connectivity index (χ4n) is 2.91. The van der Waals surface area contributed by atoms with Gasteiger partial charge in [0.25, 0.3) is 11.7 Å². The second-order valence-electron chi connectivity index (χ2n) is 6.56. The van der Waals surface area contributed by atoms with Gasteiger partial charge < -0.3 is 14.8 Å². The number of H-pyrrole nitrogens is 1. The standard InChI is InChI=1S/C19H24N4O5S/c1-22(14-19(24)21-15-3-5-16(27-2)6-4-15)18-8-7-17(13-20-18)29(25,26)23-9-11-28-12-10-23/h3-8,13H,9-12,14H2,1-2H3,(H,21,24)/p+1. The summed E-state index contributed by atoms with van der Waals surface area (Å²) < 4.78 is 37.0. The van der Waals surface area contributed by atoms with E-state index in [1.807, 2.05) is 0 Å². The largest absolute Gasteiger partial charge is 0.497 e. The number of pyridine rings is 1. The van der Waals surface area contributed by atoms with Crippen LogP contribution in [0.25, 0.3) is 0 Å². The normalized spacial score (nSPS) is 15.0. The topological polar surface area (TPSA) is 102 Å². The van der Waals surface area contributed by atoms with Crippen LogP contribution in [0.3, 0.4) is 0 Å². The highest BCUT2D eigenvalue weighted by molar-refractivity contribution is 7.89. The number of benzene rings is 1. The molecule has 1 aliphatic heterocycles. The number of carbonyl (C=O) groups excluding carboxylic acids is 1. The zero-order valence-electron chi connectivity index (χ0n) is 16.4. The average Bonchev–Trinajstić information content (AvgIpc) is 2.75. The zero-order chi connectivity index (χ0) is 20.9. The van der Waals surface area contributed by atoms with Crippen molar-refractivity contribution in [2.45, 2.75) is 4.90 Å². The Balaban J connectivity index is 1.60. The summed E-state index contributed by atoms with van der Waals surface area (Å²) >= 11 is 0. The number of hydrogen-bond acceptors (Lipinski definition) is 6. The summed E-state index contributed by atoms with van der Waals surface area (Å²) in [5.74, 6) is 1.13. The van der Waals surface area contributed by atoms with E-state index in [0.29, 0.717) is 43.6 Å². The van der Waals surface area contributed by atoms with Gasteiger partial charge in [-0.1, -0.05) is 0 Å². The van der Waals surface area contributed by atoms with Gasteiger partial charge in [0.1, 0.15) is 16.8 Å². The molecule has 1 aromatic carbocycles. The van der Waals surface area contributed by atoms with Gasteiger partial charge in [-0.15, -0.1) is 0 Å². The van der Waals surface area contributed by atoms with E-state index in [1.165, 1.54) is 16.6 Å². The molecule has 0 atom stereocenters. The number of carbonyl (C=O) groups is 1. The Morgan fingerprint density at radius 3 is 2.48 bits per heavy atom. The molecule has 0 aliphatic carbocycles. The number of aromatic nitrogens is 1. The molecule has 0 unspecified atom stereocenters. The van der Waals surface area contributed by atoms with Crippen molar-refractivity contribution in [1.29, 1.82) is 0 Å². The summed E-state index contributed by atoms with van der Waals surface area (Å²) in [6.07, 6.45) is 1.44. The van der Waals surface area contributed by atoms with Crippen LogP contribution in [-0.4, -0.2) is 65.6 Å². The predicted octanol–water partition coefficient (Wildman–Crippen LogP) is 0.605. The SMILES string of the molecule is COc1ccc(NC(=O)CN(C)c2ccc(S(=O)(=O)N3CCOCC3)c[nH+]2)cc1. The highest BCUT2D eigenvalue weighted by atomic mass is 32.2. The Bertz CT molecular complexity index is 926. The summed E-state index contributed by atoms with van der Waals surface area (Å²) in [5, 5.41) is 2.81. The Hall–Kier alpha value is -2.69. The molecule has 9 nitrogen and oxygen atoms in total. The lowest BCUT2D eigenvalue weighted by Gasteiger charge is -2.25. The van der Waals surface area contributed by atoms with Gasteiger partial charge in [-0.25, -0.2) is 13.4 Å². The summed E-state index contributed by atoms with van der Waals surface area (Å²) in [6.45, 7) is 1.57. The molecular formula is C19H25N4O5S+. The highest BCUT2D eigenvalue weighted by Crippen LogP contribution is 2.17. The third-order valence-electron chi connectivity index (χ3n) is 4.54. The van der Waals surface area contributed by atoms with Crippen molar-refractivity contribution in [2.24, 2.45) is 0 Å². The number of amides is 1. The minimum atomic E-state index is -3.56. The molecule has 10 heteroatoms. The van der Waals surface area contributed by atoms with Crippen LogP contribution < -0.4 is 19.9 Å². The molecule has 1 aromatic heterocycles. The Morgan fingerprint density at radius 2 is 1.90 bits per heavy atom. The Morgan fingerprint density at radius 1 is 1.21 bits per heavy atom. The second-order valence-corrected chi connectivity index (χ2v) is 8.50. The summed E-state index contributed by atoms with van der Waals surface area (Å²) in [5.41, 5.74) is 0.667. The van der Waals surface area contributed by atoms with Crippen LogP contribution in [0.5, 0.6) is 5.75 Å². The van der Waals surface area contributed by atoms with Crippen LogP contribution >= 0.6 is 0 Å². The molecule has 1 aliphatic rings. The fourth-order valence-corrected chi connectivity index (χ4v) is 4.29. The number of rotatable bonds is 7. The Labute approximate surface area is 170 Å². The van der Waals surface area contributed by atoms with Crippen molar-refractivity contribution in [3.63, 3.8) is 0 Å². The number of ether oxygens (including phenoxy) is 2. The van der Waals surface area contributed by atoms with E-state index in [-0.39, 0.29) is 17.3 Å². The Kier molecular flexibility index (Phi) is 6.68. The summed E-state index contributed by atoms with van der Waals surface area (Å²) in [7, 11) is -0.234. The first-order valence-corrected chi connectivity index (χ1v) is 10.6. The number of methoxy groups -OCH3 is 1. The third-order valence-corrected chi connectivity index (χ3v) is 6.44. The quantitative estimate of drug-likeness (QED) is 0.703. The molecule has 0 radical (unpaired) electrons. The van der Waals surface area contributed by atoms with Crippen molar-refractivity contribution >= 4 is 27.4 Å². The van der Waals surface area contributed by atoms with Gasteiger partial charge in [0.05, 0.1) is 27.4 Å². The van der Waals surface area contributed by atoms with Gasteiger partial charge in [0.15, 0.2) is 6.54 Å². The van der Waals surface area contributed by atoms with Crippen LogP contribution in [-0.2, 0) is 19.6 Å². The first-order valence-electron chi connectivity index (χ1n) is 9.15. The molecule has 0 saturated carbocycles. The van der Waals surface area contributed by atoms with Crippen LogP contribution in [0.1, 0.15) is 0 Å². The summed E-state index contributed by atoms with van der Waals surface area (Å²) in [4.78, 5) is 17.1. The lowest BCUT2D eigenvalue weighted by atomic mass is 10.3. The van der Waals surface area contributed by atoms with Crippen molar-refractivity contribution in [2.75, 3.05) is 57.2 Å². The maximum Gasteiger partial charge on any atom is 0.274 e. The third kappa shape index (κ3) is 5.22. The number of likely N-dealkylation sites (N-methyl/N-ethyl adjacent to an activating group) is 1. The molecule has 0 bridgehead atoms. The maximum absolute atomic E-state index is 12.7. The second kappa shape index (κ2) is 9.21. The van der Waals surface area contributed by atoms with E-state index in [2.05, 4.69) is 10.3 Å². The van der Waals surface area contributed by atoms with Gasteiger partial charge in [0.2, 0.25) is 10.0 Å². The minimum Gasteiger partial charge on any atom is -0.497 e.